The van der Waals surface area contributed by atoms with Gasteiger partial charge in [-0.05, 0) is 43.5 Å². The SMILES string of the molecule is Cc1cc(F)ccc1C(=O)NC1(CO)CCOCC1. The molecule has 19 heavy (non-hydrogen) atoms. The quantitative estimate of drug-likeness (QED) is 0.870. The number of carbonyl (C=O) groups excluding carboxylic acids is 1. The van der Waals surface area contributed by atoms with Crippen LogP contribution in [0, 0.1) is 12.7 Å². The van der Waals surface area contributed by atoms with Crippen LogP contribution >= 0.6 is 0 Å². The zero-order valence-corrected chi connectivity index (χ0v) is 10.9. The van der Waals surface area contributed by atoms with Gasteiger partial charge in [-0.25, -0.2) is 4.39 Å². The summed E-state index contributed by atoms with van der Waals surface area (Å²) in [4.78, 5) is 12.2. The molecular formula is C14H18FNO3. The molecule has 1 saturated heterocycles. The highest BCUT2D eigenvalue weighted by molar-refractivity contribution is 5.96. The zero-order chi connectivity index (χ0) is 13.9. The summed E-state index contributed by atoms with van der Waals surface area (Å²) in [5.74, 6) is -0.648. The number of rotatable bonds is 3. The van der Waals surface area contributed by atoms with Gasteiger partial charge in [-0.3, -0.25) is 4.79 Å². The number of aryl methyl sites for hydroxylation is 1. The fraction of sp³-hybridized carbons (Fsp3) is 0.500. The van der Waals surface area contributed by atoms with Gasteiger partial charge < -0.3 is 15.2 Å². The molecular weight excluding hydrogens is 249 g/mol. The predicted octanol–water partition coefficient (Wildman–Crippen LogP) is 1.41. The average molecular weight is 267 g/mol. The Morgan fingerprint density at radius 1 is 1.47 bits per heavy atom. The standard InChI is InChI=1S/C14H18FNO3/c1-10-8-11(15)2-3-12(10)13(18)16-14(9-17)4-6-19-7-5-14/h2-3,8,17H,4-7,9H2,1H3,(H,16,18). The molecule has 0 aromatic heterocycles. The fourth-order valence-electron chi connectivity index (χ4n) is 2.27. The van der Waals surface area contributed by atoms with E-state index < -0.39 is 5.54 Å². The molecule has 0 aliphatic carbocycles. The van der Waals surface area contributed by atoms with Crippen LogP contribution in [-0.4, -0.2) is 36.4 Å². The number of ether oxygens (including phenoxy) is 1. The third-order valence-corrected chi connectivity index (χ3v) is 3.56. The number of amides is 1. The third-order valence-electron chi connectivity index (χ3n) is 3.56. The smallest absolute Gasteiger partial charge is 0.252 e. The molecule has 2 rings (SSSR count). The number of benzene rings is 1. The first-order valence-corrected chi connectivity index (χ1v) is 6.34. The first-order valence-electron chi connectivity index (χ1n) is 6.34. The van der Waals surface area contributed by atoms with E-state index in [4.69, 9.17) is 4.74 Å². The van der Waals surface area contributed by atoms with Crippen LogP contribution in [0.15, 0.2) is 18.2 Å². The number of hydrogen-bond donors (Lipinski definition) is 2. The third kappa shape index (κ3) is 3.11. The van der Waals surface area contributed by atoms with Crippen molar-refractivity contribution in [2.45, 2.75) is 25.3 Å². The van der Waals surface area contributed by atoms with Gasteiger partial charge in [0.2, 0.25) is 0 Å². The van der Waals surface area contributed by atoms with Crippen molar-refractivity contribution >= 4 is 5.91 Å². The van der Waals surface area contributed by atoms with E-state index in [9.17, 15) is 14.3 Å². The summed E-state index contributed by atoms with van der Waals surface area (Å²) in [5.41, 5.74) is 0.384. The fourth-order valence-corrected chi connectivity index (χ4v) is 2.27. The van der Waals surface area contributed by atoms with Crippen LogP contribution in [0.1, 0.15) is 28.8 Å². The number of carbonyl (C=O) groups is 1. The lowest BCUT2D eigenvalue weighted by Crippen LogP contribution is -2.54. The number of aliphatic hydroxyl groups excluding tert-OH is 1. The molecule has 1 aliphatic rings. The van der Waals surface area contributed by atoms with Crippen molar-refractivity contribution < 1.29 is 19.0 Å². The zero-order valence-electron chi connectivity index (χ0n) is 10.9. The summed E-state index contributed by atoms with van der Waals surface area (Å²) in [6.07, 6.45) is 1.16. The van der Waals surface area contributed by atoms with Crippen LogP contribution in [0.5, 0.6) is 0 Å². The number of aliphatic hydroxyl groups is 1. The van der Waals surface area contributed by atoms with Crippen molar-refractivity contribution in [2.75, 3.05) is 19.8 Å². The Morgan fingerprint density at radius 2 is 2.16 bits per heavy atom. The molecule has 104 valence electrons. The van der Waals surface area contributed by atoms with Gasteiger partial charge in [-0.2, -0.15) is 0 Å². The lowest BCUT2D eigenvalue weighted by Gasteiger charge is -2.36. The van der Waals surface area contributed by atoms with E-state index in [2.05, 4.69) is 5.32 Å². The van der Waals surface area contributed by atoms with Crippen molar-refractivity contribution in [1.29, 1.82) is 0 Å². The molecule has 1 aromatic rings. The van der Waals surface area contributed by atoms with E-state index in [1.165, 1.54) is 18.2 Å². The van der Waals surface area contributed by atoms with Crippen LogP contribution < -0.4 is 5.32 Å². The minimum absolute atomic E-state index is 0.123. The summed E-state index contributed by atoms with van der Waals surface area (Å²) in [5, 5.41) is 12.4. The van der Waals surface area contributed by atoms with Crippen molar-refractivity contribution in [1.82, 2.24) is 5.32 Å². The van der Waals surface area contributed by atoms with Crippen molar-refractivity contribution in [2.24, 2.45) is 0 Å². The van der Waals surface area contributed by atoms with E-state index in [0.717, 1.165) is 0 Å². The molecule has 2 N–H and O–H groups in total. The Bertz CT molecular complexity index is 470. The van der Waals surface area contributed by atoms with Gasteiger partial charge in [0.15, 0.2) is 0 Å². The molecule has 0 atom stereocenters. The molecule has 0 radical (unpaired) electrons. The topological polar surface area (TPSA) is 58.6 Å². The summed E-state index contributed by atoms with van der Waals surface area (Å²) in [6.45, 7) is 2.60. The Kier molecular flexibility index (Phi) is 4.17. The molecule has 0 unspecified atom stereocenters. The highest BCUT2D eigenvalue weighted by Crippen LogP contribution is 2.21. The second-order valence-corrected chi connectivity index (χ2v) is 4.96. The van der Waals surface area contributed by atoms with Gasteiger partial charge in [0.05, 0.1) is 12.1 Å². The summed E-state index contributed by atoms with van der Waals surface area (Å²) < 4.78 is 18.3. The minimum Gasteiger partial charge on any atom is -0.394 e. The first kappa shape index (κ1) is 14.0. The molecule has 0 spiro atoms. The van der Waals surface area contributed by atoms with Crippen LogP contribution in [0.3, 0.4) is 0 Å². The lowest BCUT2D eigenvalue weighted by molar-refractivity contribution is 0.0125. The lowest BCUT2D eigenvalue weighted by atomic mass is 9.90. The second kappa shape index (κ2) is 5.67. The molecule has 0 bridgehead atoms. The predicted molar refractivity (Wildman–Crippen MR) is 68.5 cm³/mol. The van der Waals surface area contributed by atoms with Crippen LogP contribution in [0.2, 0.25) is 0 Å². The monoisotopic (exact) mass is 267 g/mol. The molecule has 1 amide bonds. The van der Waals surface area contributed by atoms with E-state index in [-0.39, 0.29) is 18.3 Å². The van der Waals surface area contributed by atoms with Gasteiger partial charge in [0.1, 0.15) is 5.82 Å². The Hall–Kier alpha value is -1.46. The highest BCUT2D eigenvalue weighted by atomic mass is 19.1. The molecule has 5 heteroatoms. The normalized spacial score (nSPS) is 18.1. The second-order valence-electron chi connectivity index (χ2n) is 4.96. The van der Waals surface area contributed by atoms with E-state index in [1.807, 2.05) is 0 Å². The Morgan fingerprint density at radius 3 is 2.74 bits per heavy atom. The van der Waals surface area contributed by atoms with Gasteiger partial charge in [-0.1, -0.05) is 0 Å². The molecule has 0 saturated carbocycles. The van der Waals surface area contributed by atoms with Gasteiger partial charge >= 0.3 is 0 Å². The van der Waals surface area contributed by atoms with Gasteiger partial charge in [0.25, 0.3) is 5.91 Å². The van der Waals surface area contributed by atoms with Crippen molar-refractivity contribution in [3.05, 3.63) is 35.1 Å². The Balaban J connectivity index is 2.15. The van der Waals surface area contributed by atoms with E-state index in [1.54, 1.807) is 6.92 Å². The maximum atomic E-state index is 13.0. The molecule has 1 aromatic carbocycles. The molecule has 1 heterocycles. The maximum Gasteiger partial charge on any atom is 0.252 e. The maximum absolute atomic E-state index is 13.0. The van der Waals surface area contributed by atoms with Crippen LogP contribution in [0.4, 0.5) is 4.39 Å². The summed E-state index contributed by atoms with van der Waals surface area (Å²) >= 11 is 0. The number of hydrogen-bond acceptors (Lipinski definition) is 3. The van der Waals surface area contributed by atoms with Crippen LogP contribution in [0.25, 0.3) is 0 Å². The van der Waals surface area contributed by atoms with E-state index in [0.29, 0.717) is 37.2 Å². The molecule has 4 nitrogen and oxygen atoms in total. The summed E-state index contributed by atoms with van der Waals surface area (Å²) in [7, 11) is 0. The first-order chi connectivity index (χ1) is 9.06. The summed E-state index contributed by atoms with van der Waals surface area (Å²) in [6, 6.07) is 4.05. The van der Waals surface area contributed by atoms with Gasteiger partial charge in [-0.15, -0.1) is 0 Å². The van der Waals surface area contributed by atoms with E-state index >= 15 is 0 Å². The van der Waals surface area contributed by atoms with Crippen molar-refractivity contribution in [3.8, 4) is 0 Å². The van der Waals surface area contributed by atoms with Crippen molar-refractivity contribution in [3.63, 3.8) is 0 Å². The highest BCUT2D eigenvalue weighted by Gasteiger charge is 2.33. The molecule has 1 aliphatic heterocycles. The number of halogens is 1. The number of nitrogens with one attached hydrogen (secondary N) is 1. The van der Waals surface area contributed by atoms with Gasteiger partial charge in [0, 0.05) is 18.8 Å². The minimum atomic E-state index is -0.629. The van der Waals surface area contributed by atoms with Crippen LogP contribution in [-0.2, 0) is 4.74 Å². The largest absolute Gasteiger partial charge is 0.394 e. The molecule has 1 fully saturated rings. The Labute approximate surface area is 111 Å². The average Bonchev–Trinajstić information content (AvgIpc) is 2.39.